The fourth-order valence-corrected chi connectivity index (χ4v) is 3.48. The Labute approximate surface area is 182 Å². The van der Waals surface area contributed by atoms with Crippen molar-refractivity contribution in [2.75, 3.05) is 19.8 Å². The Morgan fingerprint density at radius 2 is 1.03 bits per heavy atom. The number of hydrogen-bond donors (Lipinski definition) is 1. The summed E-state index contributed by atoms with van der Waals surface area (Å²) in [4.78, 5) is 0. The number of allylic oxidation sites excluding steroid dienone is 1. The number of aliphatic hydroxyl groups excluding tert-OH is 1. The summed E-state index contributed by atoms with van der Waals surface area (Å²) in [6, 6.07) is 0. The van der Waals surface area contributed by atoms with Crippen LogP contribution in [0.4, 0.5) is 0 Å². The van der Waals surface area contributed by atoms with Gasteiger partial charge in [-0.2, -0.15) is 0 Å². The van der Waals surface area contributed by atoms with Crippen molar-refractivity contribution in [3.63, 3.8) is 0 Å². The molecule has 0 saturated heterocycles. The second-order valence-electron chi connectivity index (χ2n) is 8.33. The molecule has 0 fully saturated rings. The molecule has 0 radical (unpaired) electrons. The summed E-state index contributed by atoms with van der Waals surface area (Å²) < 4.78 is 12.1. The summed E-state index contributed by atoms with van der Waals surface area (Å²) in [7, 11) is 0. The number of hydrogen-bond acceptors (Lipinski definition) is 3. The van der Waals surface area contributed by atoms with E-state index in [0.29, 0.717) is 0 Å². The molecule has 0 bridgehead atoms. The van der Waals surface area contributed by atoms with E-state index in [2.05, 4.69) is 26.0 Å². The molecular formula is C26H52O3. The second kappa shape index (κ2) is 25.7. The summed E-state index contributed by atoms with van der Waals surface area (Å²) >= 11 is 0. The van der Waals surface area contributed by atoms with Gasteiger partial charge in [-0.15, -0.1) is 0 Å². The Morgan fingerprint density at radius 3 is 1.52 bits per heavy atom. The first-order chi connectivity index (χ1) is 14.3. The lowest BCUT2D eigenvalue weighted by atomic mass is 10.1. The van der Waals surface area contributed by atoms with E-state index >= 15 is 0 Å². The highest BCUT2D eigenvalue weighted by Crippen LogP contribution is 2.13. The predicted octanol–water partition coefficient (Wildman–Crippen LogP) is 7.96. The molecule has 0 aliphatic heterocycles. The van der Waals surface area contributed by atoms with Crippen molar-refractivity contribution < 1.29 is 14.6 Å². The standard InChI is InChI=1S/C26H52O3/c1-3-5-7-9-11-16-20-24-28-26(22-18-14-13-15-19-23-27)29-25-21-17-12-10-8-6-4-2/h13,15,26-27H,3-12,14,16-25H2,1-2H3/b15-13-. The minimum atomic E-state index is -0.0403. The predicted molar refractivity (Wildman–Crippen MR) is 126 cm³/mol. The molecule has 3 heteroatoms. The summed E-state index contributed by atoms with van der Waals surface area (Å²) in [5.41, 5.74) is 0. The third-order valence-corrected chi connectivity index (χ3v) is 5.38. The normalized spacial score (nSPS) is 11.9. The van der Waals surface area contributed by atoms with Gasteiger partial charge >= 0.3 is 0 Å². The van der Waals surface area contributed by atoms with Crippen LogP contribution in [0.15, 0.2) is 12.2 Å². The second-order valence-corrected chi connectivity index (χ2v) is 8.33. The minimum Gasteiger partial charge on any atom is -0.396 e. The molecule has 0 aliphatic carbocycles. The highest BCUT2D eigenvalue weighted by atomic mass is 16.7. The lowest BCUT2D eigenvalue weighted by Crippen LogP contribution is -2.19. The number of rotatable bonds is 24. The maximum Gasteiger partial charge on any atom is 0.157 e. The van der Waals surface area contributed by atoms with Crippen LogP contribution in [0.3, 0.4) is 0 Å². The van der Waals surface area contributed by atoms with Crippen LogP contribution in [0.25, 0.3) is 0 Å². The quantitative estimate of drug-likeness (QED) is 0.0992. The molecule has 174 valence electrons. The molecule has 29 heavy (non-hydrogen) atoms. The number of aliphatic hydroxyl groups is 1. The van der Waals surface area contributed by atoms with Gasteiger partial charge in [0.1, 0.15) is 0 Å². The van der Waals surface area contributed by atoms with Crippen LogP contribution in [0, 0.1) is 0 Å². The molecule has 0 heterocycles. The van der Waals surface area contributed by atoms with E-state index in [1.165, 1.54) is 77.0 Å². The van der Waals surface area contributed by atoms with Gasteiger partial charge in [0.15, 0.2) is 6.29 Å². The van der Waals surface area contributed by atoms with Crippen molar-refractivity contribution in [1.29, 1.82) is 0 Å². The molecule has 0 unspecified atom stereocenters. The van der Waals surface area contributed by atoms with E-state index in [4.69, 9.17) is 14.6 Å². The van der Waals surface area contributed by atoms with E-state index < -0.39 is 0 Å². The van der Waals surface area contributed by atoms with Crippen molar-refractivity contribution in [3.8, 4) is 0 Å². The van der Waals surface area contributed by atoms with Crippen LogP contribution < -0.4 is 0 Å². The van der Waals surface area contributed by atoms with Gasteiger partial charge in [-0.1, -0.05) is 103 Å². The molecule has 0 amide bonds. The molecule has 0 aromatic rings. The third kappa shape index (κ3) is 23.8. The van der Waals surface area contributed by atoms with E-state index in [1.54, 1.807) is 0 Å². The van der Waals surface area contributed by atoms with E-state index in [0.717, 1.165) is 51.7 Å². The maximum absolute atomic E-state index is 8.82. The average Bonchev–Trinajstić information content (AvgIpc) is 2.73. The summed E-state index contributed by atoms with van der Waals surface area (Å²) in [5, 5.41) is 8.82. The Kier molecular flexibility index (Phi) is 25.3. The molecule has 1 N–H and O–H groups in total. The van der Waals surface area contributed by atoms with Gasteiger partial charge in [0.25, 0.3) is 0 Å². The van der Waals surface area contributed by atoms with Crippen molar-refractivity contribution in [2.45, 2.75) is 136 Å². The average molecular weight is 413 g/mol. The summed E-state index contributed by atoms with van der Waals surface area (Å²) in [6.45, 7) is 6.43. The largest absolute Gasteiger partial charge is 0.396 e. The Hall–Kier alpha value is -0.380. The van der Waals surface area contributed by atoms with Crippen molar-refractivity contribution in [1.82, 2.24) is 0 Å². The van der Waals surface area contributed by atoms with Gasteiger partial charge in [0.2, 0.25) is 0 Å². The van der Waals surface area contributed by atoms with Crippen LogP contribution in [-0.2, 0) is 9.47 Å². The first-order valence-electron chi connectivity index (χ1n) is 12.8. The Bertz CT molecular complexity index is 297. The molecule has 0 rings (SSSR count). The van der Waals surface area contributed by atoms with Gasteiger partial charge in [-0.25, -0.2) is 0 Å². The zero-order valence-corrected chi connectivity index (χ0v) is 19.8. The van der Waals surface area contributed by atoms with Gasteiger partial charge in [-0.3, -0.25) is 0 Å². The van der Waals surface area contributed by atoms with E-state index in [-0.39, 0.29) is 12.9 Å². The van der Waals surface area contributed by atoms with Gasteiger partial charge in [0.05, 0.1) is 0 Å². The minimum absolute atomic E-state index is 0.0403. The molecule has 0 saturated carbocycles. The Morgan fingerprint density at radius 1 is 0.586 bits per heavy atom. The summed E-state index contributed by atoms with van der Waals surface area (Å²) in [5.74, 6) is 0. The lowest BCUT2D eigenvalue weighted by Gasteiger charge is -2.18. The first kappa shape index (κ1) is 28.6. The smallest absolute Gasteiger partial charge is 0.157 e. The molecule has 0 spiro atoms. The third-order valence-electron chi connectivity index (χ3n) is 5.38. The van der Waals surface area contributed by atoms with Crippen LogP contribution in [0.2, 0.25) is 0 Å². The first-order valence-corrected chi connectivity index (χ1v) is 12.8. The Balaban J connectivity index is 3.84. The highest BCUT2D eigenvalue weighted by molar-refractivity contribution is 4.81. The topological polar surface area (TPSA) is 38.7 Å². The van der Waals surface area contributed by atoms with Crippen molar-refractivity contribution in [2.24, 2.45) is 0 Å². The maximum atomic E-state index is 8.82. The van der Waals surface area contributed by atoms with Crippen LogP contribution in [0.5, 0.6) is 0 Å². The molecule has 3 nitrogen and oxygen atoms in total. The molecular weight excluding hydrogens is 360 g/mol. The van der Waals surface area contributed by atoms with Gasteiger partial charge in [-0.05, 0) is 38.5 Å². The number of unbranched alkanes of at least 4 members (excludes halogenated alkanes) is 13. The molecule has 0 atom stereocenters. The molecule has 0 aromatic carbocycles. The monoisotopic (exact) mass is 412 g/mol. The SMILES string of the molecule is CCCCCCCCCOC(CCC/C=C\CCO)OCCCCCCCCC. The van der Waals surface area contributed by atoms with Gasteiger partial charge < -0.3 is 14.6 Å². The van der Waals surface area contributed by atoms with Crippen LogP contribution >= 0.6 is 0 Å². The lowest BCUT2D eigenvalue weighted by molar-refractivity contribution is -0.147. The fourth-order valence-electron chi connectivity index (χ4n) is 3.48. The molecule has 0 aromatic heterocycles. The van der Waals surface area contributed by atoms with Gasteiger partial charge in [0, 0.05) is 19.8 Å². The number of ether oxygens (including phenoxy) is 2. The van der Waals surface area contributed by atoms with E-state index in [9.17, 15) is 0 Å². The zero-order valence-electron chi connectivity index (χ0n) is 19.8. The summed E-state index contributed by atoms with van der Waals surface area (Å²) in [6.07, 6.45) is 26.4. The van der Waals surface area contributed by atoms with E-state index in [1.807, 2.05) is 0 Å². The van der Waals surface area contributed by atoms with Crippen LogP contribution in [0.1, 0.15) is 129 Å². The van der Waals surface area contributed by atoms with Crippen molar-refractivity contribution >= 4 is 0 Å². The van der Waals surface area contributed by atoms with Crippen LogP contribution in [-0.4, -0.2) is 31.2 Å². The zero-order chi connectivity index (χ0) is 21.3. The van der Waals surface area contributed by atoms with Crippen molar-refractivity contribution in [3.05, 3.63) is 12.2 Å². The highest BCUT2D eigenvalue weighted by Gasteiger charge is 2.09. The molecule has 0 aliphatic rings. The fraction of sp³-hybridized carbons (Fsp3) is 0.923.